The minimum Gasteiger partial charge on any atom is -0.496 e. The molecule has 0 amide bonds. The van der Waals surface area contributed by atoms with Gasteiger partial charge in [-0.25, -0.2) is 0 Å². The fourth-order valence-electron chi connectivity index (χ4n) is 3.85. The Balaban J connectivity index is 1.61. The molecule has 156 valence electrons. The minimum atomic E-state index is -0.140. The molecule has 0 spiro atoms. The Morgan fingerprint density at radius 2 is 1.87 bits per heavy atom. The van der Waals surface area contributed by atoms with Crippen LogP contribution < -0.4 is 14.2 Å². The van der Waals surface area contributed by atoms with Gasteiger partial charge >= 0.3 is 0 Å². The molecule has 0 saturated heterocycles. The third-order valence-electron chi connectivity index (χ3n) is 5.21. The molecule has 0 bridgehead atoms. The first-order valence-corrected chi connectivity index (χ1v) is 10.2. The smallest absolute Gasteiger partial charge is 0.140 e. The molecule has 1 aliphatic rings. The molecule has 0 unspecified atom stereocenters. The first-order chi connectivity index (χ1) is 14.8. The van der Waals surface area contributed by atoms with E-state index in [1.54, 1.807) is 7.11 Å². The number of para-hydroxylation sites is 2. The zero-order chi connectivity index (χ0) is 20.8. The molecule has 0 radical (unpaired) electrons. The monoisotopic (exact) mass is 405 g/mol. The molecule has 0 aromatic heterocycles. The summed E-state index contributed by atoms with van der Waals surface area (Å²) in [5.74, 6) is 2.52. The first-order valence-electron chi connectivity index (χ1n) is 10.2. The van der Waals surface area contributed by atoms with Crippen molar-refractivity contribution in [3.8, 4) is 17.2 Å². The van der Waals surface area contributed by atoms with Crippen molar-refractivity contribution < 1.29 is 19.3 Å². The molecule has 3 aromatic carbocycles. The summed E-state index contributed by atoms with van der Waals surface area (Å²) in [6, 6.07) is 24.3. The van der Waals surface area contributed by atoms with Crippen LogP contribution in [0.25, 0.3) is 0 Å². The normalized spacial score (nSPS) is 16.3. The van der Waals surface area contributed by atoms with Gasteiger partial charge in [-0.3, -0.25) is 4.90 Å². The van der Waals surface area contributed by atoms with Crippen molar-refractivity contribution in [2.75, 3.05) is 26.9 Å². The number of aliphatic hydroxyl groups is 1. The predicted octanol–water partition coefficient (Wildman–Crippen LogP) is 4.20. The summed E-state index contributed by atoms with van der Waals surface area (Å²) >= 11 is 0. The first kappa shape index (κ1) is 20.3. The van der Waals surface area contributed by atoms with Gasteiger partial charge in [0.25, 0.3) is 0 Å². The topological polar surface area (TPSA) is 51.2 Å². The summed E-state index contributed by atoms with van der Waals surface area (Å²) in [4.78, 5) is 2.38. The van der Waals surface area contributed by atoms with Crippen LogP contribution in [0.5, 0.6) is 17.2 Å². The summed E-state index contributed by atoms with van der Waals surface area (Å²) in [6.07, 6.45) is -0.140. The molecule has 1 aliphatic heterocycles. The molecule has 30 heavy (non-hydrogen) atoms. The lowest BCUT2D eigenvalue weighted by Crippen LogP contribution is -2.28. The van der Waals surface area contributed by atoms with Gasteiger partial charge in [-0.15, -0.1) is 0 Å². The van der Waals surface area contributed by atoms with Gasteiger partial charge in [-0.2, -0.15) is 0 Å². The molecule has 5 heteroatoms. The van der Waals surface area contributed by atoms with Crippen LogP contribution in [-0.2, 0) is 13.1 Å². The SMILES string of the molecule is COc1ccccc1[C@@H]1CN(Cc2cccc(OCCO)c2)Cc2ccccc2O1. The van der Waals surface area contributed by atoms with Crippen LogP contribution in [0.3, 0.4) is 0 Å². The molecule has 0 saturated carbocycles. The number of nitrogens with zero attached hydrogens (tertiary/aromatic N) is 1. The Kier molecular flexibility index (Phi) is 6.52. The van der Waals surface area contributed by atoms with Gasteiger partial charge in [0, 0.05) is 30.8 Å². The molecule has 0 fully saturated rings. The number of ether oxygens (including phenoxy) is 3. The van der Waals surface area contributed by atoms with Crippen molar-refractivity contribution in [2.45, 2.75) is 19.2 Å². The lowest BCUT2D eigenvalue weighted by atomic mass is 10.1. The standard InChI is InChI=1S/C25H27NO4/c1-28-24-12-5-3-10-22(24)25-18-26(17-20-8-2-4-11-23(20)30-25)16-19-7-6-9-21(15-19)29-14-13-27/h2-12,15,25,27H,13-14,16-18H2,1H3/t25-/m0/s1. The molecule has 1 heterocycles. The van der Waals surface area contributed by atoms with Crippen LogP contribution in [0.1, 0.15) is 22.8 Å². The van der Waals surface area contributed by atoms with Gasteiger partial charge in [-0.1, -0.05) is 48.5 Å². The van der Waals surface area contributed by atoms with E-state index in [0.717, 1.165) is 48.0 Å². The van der Waals surface area contributed by atoms with E-state index in [4.69, 9.17) is 19.3 Å². The highest BCUT2D eigenvalue weighted by Crippen LogP contribution is 2.35. The third-order valence-corrected chi connectivity index (χ3v) is 5.21. The van der Waals surface area contributed by atoms with Crippen LogP contribution in [0.15, 0.2) is 72.8 Å². The Morgan fingerprint density at radius 3 is 2.73 bits per heavy atom. The lowest BCUT2D eigenvalue weighted by molar-refractivity contribution is 0.141. The van der Waals surface area contributed by atoms with E-state index in [9.17, 15) is 0 Å². The molecule has 3 aromatic rings. The summed E-state index contributed by atoms with van der Waals surface area (Å²) in [5.41, 5.74) is 3.37. The molecule has 4 rings (SSSR count). The number of rotatable bonds is 7. The average molecular weight is 405 g/mol. The second-order valence-electron chi connectivity index (χ2n) is 7.35. The van der Waals surface area contributed by atoms with Crippen LogP contribution in [0.2, 0.25) is 0 Å². The minimum absolute atomic E-state index is 0.00502. The maximum atomic E-state index is 9.00. The highest BCUT2D eigenvalue weighted by Gasteiger charge is 2.26. The summed E-state index contributed by atoms with van der Waals surface area (Å²) < 4.78 is 17.6. The average Bonchev–Trinajstić information content (AvgIpc) is 2.97. The fourth-order valence-corrected chi connectivity index (χ4v) is 3.85. The Morgan fingerprint density at radius 1 is 1.03 bits per heavy atom. The number of aliphatic hydroxyl groups excluding tert-OH is 1. The Bertz CT molecular complexity index is 975. The van der Waals surface area contributed by atoms with Gasteiger partial charge in [0.2, 0.25) is 0 Å². The van der Waals surface area contributed by atoms with Crippen molar-refractivity contribution in [3.63, 3.8) is 0 Å². The number of fused-ring (bicyclic) bond motifs is 1. The Hall–Kier alpha value is -3.02. The second kappa shape index (κ2) is 9.65. The van der Waals surface area contributed by atoms with Crippen LogP contribution in [-0.4, -0.2) is 36.9 Å². The van der Waals surface area contributed by atoms with Gasteiger partial charge in [0.05, 0.1) is 13.7 Å². The highest BCUT2D eigenvalue weighted by molar-refractivity contribution is 5.39. The van der Waals surface area contributed by atoms with Crippen molar-refractivity contribution in [1.82, 2.24) is 4.90 Å². The molecule has 0 aliphatic carbocycles. The van der Waals surface area contributed by atoms with E-state index in [1.165, 1.54) is 5.56 Å². The number of benzene rings is 3. The van der Waals surface area contributed by atoms with E-state index in [0.29, 0.717) is 6.61 Å². The molecular formula is C25H27NO4. The zero-order valence-corrected chi connectivity index (χ0v) is 17.2. The number of hydrogen-bond acceptors (Lipinski definition) is 5. The van der Waals surface area contributed by atoms with E-state index >= 15 is 0 Å². The van der Waals surface area contributed by atoms with E-state index < -0.39 is 0 Å². The van der Waals surface area contributed by atoms with Gasteiger partial charge < -0.3 is 19.3 Å². The van der Waals surface area contributed by atoms with Crippen molar-refractivity contribution in [2.24, 2.45) is 0 Å². The van der Waals surface area contributed by atoms with Crippen molar-refractivity contribution in [3.05, 3.63) is 89.5 Å². The Labute approximate surface area is 177 Å². The van der Waals surface area contributed by atoms with Gasteiger partial charge in [0.1, 0.15) is 30.0 Å². The maximum Gasteiger partial charge on any atom is 0.140 e. The van der Waals surface area contributed by atoms with Crippen molar-refractivity contribution >= 4 is 0 Å². The fraction of sp³-hybridized carbons (Fsp3) is 0.280. The number of hydrogen-bond donors (Lipinski definition) is 1. The third kappa shape index (κ3) is 4.75. The summed E-state index contributed by atoms with van der Waals surface area (Å²) in [6.45, 7) is 2.59. The van der Waals surface area contributed by atoms with Gasteiger partial charge in [0.15, 0.2) is 0 Å². The van der Waals surface area contributed by atoms with Crippen molar-refractivity contribution in [1.29, 1.82) is 0 Å². The van der Waals surface area contributed by atoms with Crippen LogP contribution in [0, 0.1) is 0 Å². The van der Waals surface area contributed by atoms with E-state index in [2.05, 4.69) is 23.1 Å². The summed E-state index contributed by atoms with van der Waals surface area (Å²) in [7, 11) is 1.69. The van der Waals surface area contributed by atoms with Crippen LogP contribution in [0.4, 0.5) is 0 Å². The lowest BCUT2D eigenvalue weighted by Gasteiger charge is -2.25. The van der Waals surface area contributed by atoms with Crippen LogP contribution >= 0.6 is 0 Å². The molecular weight excluding hydrogens is 378 g/mol. The summed E-state index contributed by atoms with van der Waals surface area (Å²) in [5, 5.41) is 9.00. The second-order valence-corrected chi connectivity index (χ2v) is 7.35. The highest BCUT2D eigenvalue weighted by atomic mass is 16.5. The molecule has 1 N–H and O–H groups in total. The predicted molar refractivity (Wildman–Crippen MR) is 116 cm³/mol. The van der Waals surface area contributed by atoms with Gasteiger partial charge in [-0.05, 0) is 29.8 Å². The quantitative estimate of drug-likeness (QED) is 0.638. The molecule has 1 atom stereocenters. The van der Waals surface area contributed by atoms with E-state index in [-0.39, 0.29) is 12.7 Å². The number of methoxy groups -OCH3 is 1. The maximum absolute atomic E-state index is 9.00. The largest absolute Gasteiger partial charge is 0.496 e. The zero-order valence-electron chi connectivity index (χ0n) is 17.2. The van der Waals surface area contributed by atoms with E-state index in [1.807, 2.05) is 54.6 Å². The molecule has 5 nitrogen and oxygen atoms in total.